The molecule has 0 aromatic rings. The van der Waals surface area contributed by atoms with Gasteiger partial charge in [-0.1, -0.05) is 0 Å². The van der Waals surface area contributed by atoms with Crippen molar-refractivity contribution in [3.63, 3.8) is 0 Å². The third-order valence-corrected chi connectivity index (χ3v) is 3.25. The fourth-order valence-corrected chi connectivity index (χ4v) is 2.29. The van der Waals surface area contributed by atoms with E-state index < -0.39 is 23.3 Å². The van der Waals surface area contributed by atoms with Gasteiger partial charge in [0.25, 0.3) is 0 Å². The van der Waals surface area contributed by atoms with Crippen LogP contribution in [0.1, 0.15) is 48.5 Å². The molecule has 0 radical (unpaired) electrons. The molecular formula is C16H29N3O4. The largest absolute Gasteiger partial charge is 0.444 e. The lowest BCUT2D eigenvalue weighted by Gasteiger charge is -2.41. The van der Waals surface area contributed by atoms with E-state index in [4.69, 9.17) is 4.74 Å². The highest BCUT2D eigenvalue weighted by Gasteiger charge is 2.39. The predicted molar refractivity (Wildman–Crippen MR) is 86.9 cm³/mol. The molecule has 0 bridgehead atoms. The predicted octanol–water partition coefficient (Wildman–Crippen LogP) is 1.37. The van der Waals surface area contributed by atoms with Crippen LogP contribution in [0.2, 0.25) is 0 Å². The summed E-state index contributed by atoms with van der Waals surface area (Å²) in [5, 5.41) is 2.87. The van der Waals surface area contributed by atoms with Gasteiger partial charge in [0.1, 0.15) is 11.6 Å². The zero-order valence-electron chi connectivity index (χ0n) is 15.2. The minimum atomic E-state index is -0.748. The Kier molecular flexibility index (Phi) is 5.66. The molecule has 1 saturated heterocycles. The molecule has 7 heteroatoms. The Bertz CT molecular complexity index is 477. The van der Waals surface area contributed by atoms with Gasteiger partial charge in [0.05, 0.1) is 6.54 Å². The van der Waals surface area contributed by atoms with Crippen LogP contribution >= 0.6 is 0 Å². The Morgan fingerprint density at radius 2 is 1.61 bits per heavy atom. The van der Waals surface area contributed by atoms with Crippen molar-refractivity contribution in [1.29, 1.82) is 0 Å². The number of ether oxygens (including phenoxy) is 1. The van der Waals surface area contributed by atoms with Crippen molar-refractivity contribution in [2.45, 2.75) is 65.6 Å². The van der Waals surface area contributed by atoms with Gasteiger partial charge in [0.15, 0.2) is 0 Å². The van der Waals surface area contributed by atoms with Crippen LogP contribution in [0.5, 0.6) is 0 Å². The van der Waals surface area contributed by atoms with E-state index in [0.29, 0.717) is 6.54 Å². The molecule has 1 aliphatic heterocycles. The molecule has 1 aliphatic rings. The molecule has 7 nitrogen and oxygen atoms in total. The third-order valence-electron chi connectivity index (χ3n) is 3.25. The van der Waals surface area contributed by atoms with Crippen molar-refractivity contribution < 1.29 is 19.1 Å². The van der Waals surface area contributed by atoms with Gasteiger partial charge in [-0.2, -0.15) is 0 Å². The fraction of sp³-hybridized carbons (Fsp3) is 0.812. The lowest BCUT2D eigenvalue weighted by atomic mass is 10.1. The Balaban J connectivity index is 2.95. The number of hydrogen-bond donors (Lipinski definition) is 1. The zero-order valence-corrected chi connectivity index (χ0v) is 15.2. The van der Waals surface area contributed by atoms with E-state index in [9.17, 15) is 14.4 Å². The Labute approximate surface area is 138 Å². The van der Waals surface area contributed by atoms with Crippen LogP contribution in [0.4, 0.5) is 4.79 Å². The molecule has 1 N–H and O–H groups in total. The molecule has 3 amide bonds. The Morgan fingerprint density at radius 3 is 2.04 bits per heavy atom. The van der Waals surface area contributed by atoms with E-state index in [-0.39, 0.29) is 24.9 Å². The Morgan fingerprint density at radius 1 is 1.04 bits per heavy atom. The topological polar surface area (TPSA) is 79.0 Å². The average Bonchev–Trinajstić information content (AvgIpc) is 2.33. The number of rotatable bonds is 1. The first-order chi connectivity index (χ1) is 10.3. The molecule has 0 unspecified atom stereocenters. The van der Waals surface area contributed by atoms with E-state index in [1.807, 2.05) is 20.8 Å². The van der Waals surface area contributed by atoms with Crippen LogP contribution in [0, 0.1) is 0 Å². The highest BCUT2D eigenvalue weighted by Crippen LogP contribution is 2.17. The van der Waals surface area contributed by atoms with Crippen LogP contribution in [0.15, 0.2) is 0 Å². The molecule has 0 aromatic carbocycles. The van der Waals surface area contributed by atoms with Gasteiger partial charge >= 0.3 is 6.09 Å². The SMILES string of the molecule is CC(=O)N1CCN(C(=O)OC(C)(C)C)[C@@H](C(=O)NC(C)(C)C)C1. The van der Waals surface area contributed by atoms with E-state index in [1.165, 1.54) is 11.8 Å². The molecule has 23 heavy (non-hydrogen) atoms. The van der Waals surface area contributed by atoms with Gasteiger partial charge in [-0.25, -0.2) is 4.79 Å². The first-order valence-electron chi connectivity index (χ1n) is 7.87. The number of amides is 3. The molecule has 1 atom stereocenters. The van der Waals surface area contributed by atoms with Gasteiger partial charge in [0, 0.05) is 25.6 Å². The van der Waals surface area contributed by atoms with Crippen molar-refractivity contribution in [3.05, 3.63) is 0 Å². The molecular weight excluding hydrogens is 298 g/mol. The van der Waals surface area contributed by atoms with Gasteiger partial charge in [-0.05, 0) is 41.5 Å². The van der Waals surface area contributed by atoms with Crippen molar-refractivity contribution in [2.24, 2.45) is 0 Å². The minimum Gasteiger partial charge on any atom is -0.444 e. The summed E-state index contributed by atoms with van der Waals surface area (Å²) in [6.07, 6.45) is -0.533. The normalized spacial score (nSPS) is 19.3. The number of hydrogen-bond acceptors (Lipinski definition) is 4. The fourth-order valence-electron chi connectivity index (χ4n) is 2.29. The van der Waals surface area contributed by atoms with Crippen LogP contribution in [0.3, 0.4) is 0 Å². The maximum Gasteiger partial charge on any atom is 0.411 e. The molecule has 132 valence electrons. The van der Waals surface area contributed by atoms with Gasteiger partial charge in [-0.15, -0.1) is 0 Å². The third kappa shape index (κ3) is 6.08. The first kappa shape index (κ1) is 19.3. The molecule has 1 fully saturated rings. The zero-order chi connectivity index (χ0) is 18.0. The van der Waals surface area contributed by atoms with E-state index in [1.54, 1.807) is 25.7 Å². The van der Waals surface area contributed by atoms with Gasteiger partial charge < -0.3 is 15.0 Å². The quantitative estimate of drug-likeness (QED) is 0.789. The molecule has 1 heterocycles. The average molecular weight is 327 g/mol. The lowest BCUT2D eigenvalue weighted by Crippen LogP contribution is -2.63. The van der Waals surface area contributed by atoms with Crippen molar-refractivity contribution in [1.82, 2.24) is 15.1 Å². The van der Waals surface area contributed by atoms with Crippen molar-refractivity contribution >= 4 is 17.9 Å². The summed E-state index contributed by atoms with van der Waals surface area (Å²) in [4.78, 5) is 39.6. The van der Waals surface area contributed by atoms with Crippen LogP contribution in [-0.2, 0) is 14.3 Å². The van der Waals surface area contributed by atoms with Crippen LogP contribution < -0.4 is 5.32 Å². The van der Waals surface area contributed by atoms with Crippen molar-refractivity contribution in [2.75, 3.05) is 19.6 Å². The molecule has 1 rings (SSSR count). The molecule has 0 aliphatic carbocycles. The highest BCUT2D eigenvalue weighted by atomic mass is 16.6. The smallest absolute Gasteiger partial charge is 0.411 e. The van der Waals surface area contributed by atoms with Gasteiger partial charge in [-0.3, -0.25) is 14.5 Å². The summed E-state index contributed by atoms with van der Waals surface area (Å²) in [6, 6.07) is -0.748. The number of piperazine rings is 1. The maximum atomic E-state index is 12.6. The van der Waals surface area contributed by atoms with Crippen LogP contribution in [-0.4, -0.2) is 64.5 Å². The molecule has 0 saturated carbocycles. The molecule has 0 spiro atoms. The standard InChI is InChI=1S/C16H29N3O4/c1-11(20)18-8-9-19(14(22)23-16(5,6)7)12(10-18)13(21)17-15(2,3)4/h12H,8-10H2,1-7H3,(H,17,21)/t12-/m1/s1. The second-order valence-electron chi connectivity index (χ2n) is 7.89. The van der Waals surface area contributed by atoms with Crippen LogP contribution in [0.25, 0.3) is 0 Å². The summed E-state index contributed by atoms with van der Waals surface area (Å²) < 4.78 is 5.39. The van der Waals surface area contributed by atoms with Crippen molar-refractivity contribution in [3.8, 4) is 0 Å². The summed E-state index contributed by atoms with van der Waals surface area (Å²) >= 11 is 0. The lowest BCUT2D eigenvalue weighted by molar-refractivity contribution is -0.137. The van der Waals surface area contributed by atoms with E-state index in [2.05, 4.69) is 5.32 Å². The summed E-state index contributed by atoms with van der Waals surface area (Å²) in [5.74, 6) is -0.392. The first-order valence-corrected chi connectivity index (χ1v) is 7.87. The number of carbonyl (C=O) groups is 3. The summed E-state index contributed by atoms with van der Waals surface area (Å²) in [5.41, 5.74) is -1.06. The minimum absolute atomic E-state index is 0.109. The molecule has 0 aromatic heterocycles. The van der Waals surface area contributed by atoms with E-state index >= 15 is 0 Å². The number of nitrogens with one attached hydrogen (secondary N) is 1. The highest BCUT2D eigenvalue weighted by molar-refractivity contribution is 5.87. The summed E-state index contributed by atoms with van der Waals surface area (Å²) in [6.45, 7) is 13.3. The Hall–Kier alpha value is -1.79. The summed E-state index contributed by atoms with van der Waals surface area (Å²) in [7, 11) is 0. The number of nitrogens with zero attached hydrogens (tertiary/aromatic N) is 2. The van der Waals surface area contributed by atoms with E-state index in [0.717, 1.165) is 0 Å². The number of carbonyl (C=O) groups excluding carboxylic acids is 3. The second kappa shape index (κ2) is 6.76. The maximum absolute atomic E-state index is 12.6. The monoisotopic (exact) mass is 327 g/mol. The second-order valence-corrected chi connectivity index (χ2v) is 7.89. The van der Waals surface area contributed by atoms with Gasteiger partial charge in [0.2, 0.25) is 11.8 Å².